The number of hydrogen-bond acceptors (Lipinski definition) is 3. The van der Waals surface area contributed by atoms with Gasteiger partial charge in [-0.3, -0.25) is 4.90 Å². The van der Waals surface area contributed by atoms with E-state index in [-0.39, 0.29) is 0 Å². The summed E-state index contributed by atoms with van der Waals surface area (Å²) >= 11 is 1.84. The number of benzene rings is 1. The van der Waals surface area contributed by atoms with Crippen molar-refractivity contribution in [2.45, 2.75) is 20.4 Å². The third-order valence-electron chi connectivity index (χ3n) is 3.18. The average Bonchev–Trinajstić information content (AvgIpc) is 2.90. The number of thiophene rings is 1. The summed E-state index contributed by atoms with van der Waals surface area (Å²) in [6, 6.07) is 12.9. The third-order valence-corrected chi connectivity index (χ3v) is 4.04. The Morgan fingerprint density at radius 1 is 1.21 bits per heavy atom. The van der Waals surface area contributed by atoms with Gasteiger partial charge in [0, 0.05) is 30.2 Å². The van der Waals surface area contributed by atoms with Crippen LogP contribution in [0.5, 0.6) is 0 Å². The molecule has 2 nitrogen and oxygen atoms in total. The van der Waals surface area contributed by atoms with Crippen LogP contribution in [0.15, 0.2) is 41.8 Å². The summed E-state index contributed by atoms with van der Waals surface area (Å²) in [5, 5.41) is 5.64. The van der Waals surface area contributed by atoms with Gasteiger partial charge in [-0.2, -0.15) is 0 Å². The average molecular weight is 274 g/mol. The predicted octanol–water partition coefficient (Wildman–Crippen LogP) is 3.99. The molecule has 0 aliphatic heterocycles. The van der Waals surface area contributed by atoms with Crippen LogP contribution in [0, 0.1) is 6.92 Å². The Balaban J connectivity index is 1.77. The number of rotatable bonds is 7. The number of aryl methyl sites for hydroxylation is 1. The Bertz CT molecular complexity index is 479. The fourth-order valence-electron chi connectivity index (χ4n) is 2.09. The standard InChI is InChI=1S/C16H22N2S/c1-3-18(13-16-8-5-11-19-16)10-9-17-15-7-4-6-14(2)12-15/h4-8,11-12,17H,3,9-10,13H2,1-2H3. The molecule has 0 atom stereocenters. The maximum atomic E-state index is 3.49. The van der Waals surface area contributed by atoms with Crippen molar-refractivity contribution >= 4 is 17.0 Å². The van der Waals surface area contributed by atoms with Crippen LogP contribution in [0.3, 0.4) is 0 Å². The summed E-state index contributed by atoms with van der Waals surface area (Å²) in [6.45, 7) is 8.56. The van der Waals surface area contributed by atoms with Gasteiger partial charge in [-0.15, -0.1) is 11.3 Å². The lowest BCUT2D eigenvalue weighted by molar-refractivity contribution is 0.294. The minimum absolute atomic E-state index is 0.989. The molecule has 19 heavy (non-hydrogen) atoms. The van der Waals surface area contributed by atoms with Gasteiger partial charge in [0.25, 0.3) is 0 Å². The summed E-state index contributed by atoms with van der Waals surface area (Å²) in [5.41, 5.74) is 2.52. The van der Waals surface area contributed by atoms with E-state index >= 15 is 0 Å². The molecule has 0 radical (unpaired) electrons. The first-order valence-electron chi connectivity index (χ1n) is 6.83. The highest BCUT2D eigenvalue weighted by atomic mass is 32.1. The highest BCUT2D eigenvalue weighted by Crippen LogP contribution is 2.12. The van der Waals surface area contributed by atoms with E-state index in [9.17, 15) is 0 Å². The molecule has 0 aliphatic rings. The van der Waals surface area contributed by atoms with Crippen LogP contribution >= 0.6 is 11.3 Å². The van der Waals surface area contributed by atoms with Crippen LogP contribution in [-0.2, 0) is 6.54 Å². The first-order chi connectivity index (χ1) is 9.28. The van der Waals surface area contributed by atoms with Crippen LogP contribution < -0.4 is 5.32 Å². The Kier molecular flexibility index (Phi) is 5.43. The second-order valence-corrected chi connectivity index (χ2v) is 5.78. The molecular formula is C16H22N2S. The van der Waals surface area contributed by atoms with Crippen LogP contribution in [0.25, 0.3) is 0 Å². The fourth-order valence-corrected chi connectivity index (χ4v) is 2.83. The molecule has 0 aliphatic carbocycles. The number of nitrogens with zero attached hydrogens (tertiary/aromatic N) is 1. The highest BCUT2D eigenvalue weighted by molar-refractivity contribution is 7.09. The van der Waals surface area contributed by atoms with Crippen molar-refractivity contribution < 1.29 is 0 Å². The molecule has 0 amide bonds. The van der Waals surface area contributed by atoms with Gasteiger partial charge >= 0.3 is 0 Å². The Morgan fingerprint density at radius 3 is 2.79 bits per heavy atom. The number of likely N-dealkylation sites (N-methyl/N-ethyl adjacent to an activating group) is 1. The normalized spacial score (nSPS) is 10.9. The maximum absolute atomic E-state index is 3.49. The van der Waals surface area contributed by atoms with Crippen molar-refractivity contribution in [2.24, 2.45) is 0 Å². The van der Waals surface area contributed by atoms with Crippen molar-refractivity contribution in [3.63, 3.8) is 0 Å². The Morgan fingerprint density at radius 2 is 2.11 bits per heavy atom. The SMILES string of the molecule is CCN(CCNc1cccc(C)c1)Cc1cccs1. The second-order valence-electron chi connectivity index (χ2n) is 4.74. The van der Waals surface area contributed by atoms with E-state index in [0.29, 0.717) is 0 Å². The molecule has 0 bridgehead atoms. The molecule has 1 aromatic carbocycles. The zero-order valence-electron chi connectivity index (χ0n) is 11.7. The molecule has 0 spiro atoms. The van der Waals surface area contributed by atoms with E-state index in [4.69, 9.17) is 0 Å². The van der Waals surface area contributed by atoms with Crippen molar-refractivity contribution in [2.75, 3.05) is 25.0 Å². The van der Waals surface area contributed by atoms with Gasteiger partial charge in [0.1, 0.15) is 0 Å². The molecule has 102 valence electrons. The topological polar surface area (TPSA) is 15.3 Å². The number of nitrogens with one attached hydrogen (secondary N) is 1. The molecule has 2 aromatic rings. The van der Waals surface area contributed by atoms with Gasteiger partial charge in [0.2, 0.25) is 0 Å². The lowest BCUT2D eigenvalue weighted by Gasteiger charge is -2.20. The molecule has 0 saturated heterocycles. The minimum Gasteiger partial charge on any atom is -0.384 e. The van der Waals surface area contributed by atoms with E-state index in [1.54, 1.807) is 0 Å². The molecule has 3 heteroatoms. The molecule has 0 fully saturated rings. The molecule has 1 aromatic heterocycles. The zero-order chi connectivity index (χ0) is 13.5. The summed E-state index contributed by atoms with van der Waals surface area (Å²) in [6.07, 6.45) is 0. The van der Waals surface area contributed by atoms with Gasteiger partial charge < -0.3 is 5.32 Å². The highest BCUT2D eigenvalue weighted by Gasteiger charge is 2.04. The van der Waals surface area contributed by atoms with Crippen LogP contribution in [0.2, 0.25) is 0 Å². The largest absolute Gasteiger partial charge is 0.384 e. The minimum atomic E-state index is 0.989. The van der Waals surface area contributed by atoms with Gasteiger partial charge in [0.05, 0.1) is 0 Å². The van der Waals surface area contributed by atoms with E-state index in [1.807, 2.05) is 11.3 Å². The van der Waals surface area contributed by atoms with Crippen molar-refractivity contribution in [1.29, 1.82) is 0 Å². The van der Waals surface area contributed by atoms with Crippen molar-refractivity contribution in [3.8, 4) is 0 Å². The van der Waals surface area contributed by atoms with Crippen molar-refractivity contribution in [1.82, 2.24) is 4.90 Å². The van der Waals surface area contributed by atoms with Gasteiger partial charge in [-0.1, -0.05) is 25.1 Å². The van der Waals surface area contributed by atoms with E-state index in [2.05, 4.69) is 65.8 Å². The van der Waals surface area contributed by atoms with E-state index in [1.165, 1.54) is 16.1 Å². The van der Waals surface area contributed by atoms with Gasteiger partial charge in [-0.05, 0) is 42.6 Å². The summed E-state index contributed by atoms with van der Waals surface area (Å²) in [7, 11) is 0. The summed E-state index contributed by atoms with van der Waals surface area (Å²) in [5.74, 6) is 0. The van der Waals surface area contributed by atoms with Crippen LogP contribution in [0.1, 0.15) is 17.4 Å². The molecule has 1 heterocycles. The molecular weight excluding hydrogens is 252 g/mol. The quantitative estimate of drug-likeness (QED) is 0.821. The van der Waals surface area contributed by atoms with Gasteiger partial charge in [0.15, 0.2) is 0 Å². The smallest absolute Gasteiger partial charge is 0.0343 e. The predicted molar refractivity (Wildman–Crippen MR) is 84.9 cm³/mol. The summed E-state index contributed by atoms with van der Waals surface area (Å²) < 4.78 is 0. The zero-order valence-corrected chi connectivity index (χ0v) is 12.5. The lowest BCUT2D eigenvalue weighted by Crippen LogP contribution is -2.28. The lowest BCUT2D eigenvalue weighted by atomic mass is 10.2. The summed E-state index contributed by atoms with van der Waals surface area (Å²) in [4.78, 5) is 3.91. The van der Waals surface area contributed by atoms with Crippen molar-refractivity contribution in [3.05, 3.63) is 52.2 Å². The fraction of sp³-hybridized carbons (Fsp3) is 0.375. The molecule has 2 rings (SSSR count). The monoisotopic (exact) mass is 274 g/mol. The first-order valence-corrected chi connectivity index (χ1v) is 7.71. The first kappa shape index (κ1) is 14.1. The molecule has 0 saturated carbocycles. The van der Waals surface area contributed by atoms with Crippen LogP contribution in [-0.4, -0.2) is 24.5 Å². The number of hydrogen-bond donors (Lipinski definition) is 1. The Hall–Kier alpha value is -1.32. The van der Waals surface area contributed by atoms with Gasteiger partial charge in [-0.25, -0.2) is 0 Å². The second kappa shape index (κ2) is 7.31. The Labute approximate surface area is 120 Å². The van der Waals surface area contributed by atoms with Crippen LogP contribution in [0.4, 0.5) is 5.69 Å². The third kappa shape index (κ3) is 4.69. The maximum Gasteiger partial charge on any atom is 0.0343 e. The van der Waals surface area contributed by atoms with E-state index < -0.39 is 0 Å². The van der Waals surface area contributed by atoms with E-state index in [0.717, 1.165) is 26.2 Å². The molecule has 1 N–H and O–H groups in total. The number of anilines is 1. The molecule has 0 unspecified atom stereocenters.